The zero-order chi connectivity index (χ0) is 13.9. The SMILES string of the molecule is O=C1CN(Cc2ccc(-c3ccccn3)cc2)C(=O)N1. The number of hydrogen-bond acceptors (Lipinski definition) is 3. The second-order valence-corrected chi connectivity index (χ2v) is 4.62. The lowest BCUT2D eigenvalue weighted by molar-refractivity contribution is -0.118. The number of benzene rings is 1. The molecule has 1 N–H and O–H groups in total. The van der Waals surface area contributed by atoms with Gasteiger partial charge in [0.2, 0.25) is 5.91 Å². The topological polar surface area (TPSA) is 62.3 Å². The number of carbonyl (C=O) groups excluding carboxylic acids is 2. The Hall–Kier alpha value is -2.69. The fourth-order valence-corrected chi connectivity index (χ4v) is 2.15. The standard InChI is InChI=1S/C15H13N3O2/c19-14-10-18(15(20)17-14)9-11-4-6-12(7-5-11)13-3-1-2-8-16-13/h1-8H,9-10H2,(H,17,19,20). The highest BCUT2D eigenvalue weighted by Crippen LogP contribution is 2.18. The van der Waals surface area contributed by atoms with E-state index < -0.39 is 0 Å². The Kier molecular flexibility index (Phi) is 3.16. The third kappa shape index (κ3) is 2.51. The van der Waals surface area contributed by atoms with Crippen LogP contribution in [0.1, 0.15) is 5.56 Å². The summed E-state index contributed by atoms with van der Waals surface area (Å²) < 4.78 is 0. The number of imide groups is 1. The average molecular weight is 267 g/mol. The minimum absolute atomic E-state index is 0.126. The van der Waals surface area contributed by atoms with Crippen molar-refractivity contribution in [3.8, 4) is 11.3 Å². The molecule has 0 unspecified atom stereocenters. The molecule has 1 saturated heterocycles. The van der Waals surface area contributed by atoms with Crippen LogP contribution in [-0.2, 0) is 11.3 Å². The predicted octanol–water partition coefficient (Wildman–Crippen LogP) is 1.80. The highest BCUT2D eigenvalue weighted by Gasteiger charge is 2.26. The zero-order valence-electron chi connectivity index (χ0n) is 10.7. The van der Waals surface area contributed by atoms with Crippen molar-refractivity contribution in [2.24, 2.45) is 0 Å². The molecule has 1 aliphatic heterocycles. The number of rotatable bonds is 3. The van der Waals surface area contributed by atoms with Crippen LogP contribution in [0.4, 0.5) is 4.79 Å². The van der Waals surface area contributed by atoms with Crippen LogP contribution >= 0.6 is 0 Å². The molecule has 0 bridgehead atoms. The zero-order valence-corrected chi connectivity index (χ0v) is 10.7. The summed E-state index contributed by atoms with van der Waals surface area (Å²) in [6.45, 7) is 0.556. The summed E-state index contributed by atoms with van der Waals surface area (Å²) >= 11 is 0. The van der Waals surface area contributed by atoms with Gasteiger partial charge in [-0.25, -0.2) is 4.79 Å². The van der Waals surface area contributed by atoms with Gasteiger partial charge in [0.15, 0.2) is 0 Å². The molecular formula is C15H13N3O2. The number of nitrogens with zero attached hydrogens (tertiary/aromatic N) is 2. The van der Waals surface area contributed by atoms with E-state index in [0.29, 0.717) is 6.54 Å². The predicted molar refractivity (Wildman–Crippen MR) is 73.6 cm³/mol. The summed E-state index contributed by atoms with van der Waals surface area (Å²) in [5, 5.41) is 2.26. The van der Waals surface area contributed by atoms with E-state index in [0.717, 1.165) is 16.8 Å². The van der Waals surface area contributed by atoms with Gasteiger partial charge >= 0.3 is 6.03 Å². The Morgan fingerprint density at radius 1 is 1.10 bits per heavy atom. The number of amides is 3. The molecule has 5 heteroatoms. The van der Waals surface area contributed by atoms with E-state index in [9.17, 15) is 9.59 Å². The molecule has 1 aromatic heterocycles. The fraction of sp³-hybridized carbons (Fsp3) is 0.133. The summed E-state index contributed by atoms with van der Waals surface area (Å²) in [7, 11) is 0. The molecule has 0 saturated carbocycles. The maximum absolute atomic E-state index is 11.5. The van der Waals surface area contributed by atoms with Crippen molar-refractivity contribution in [1.29, 1.82) is 0 Å². The Morgan fingerprint density at radius 3 is 2.50 bits per heavy atom. The molecule has 1 aliphatic rings. The van der Waals surface area contributed by atoms with Gasteiger partial charge in [-0.3, -0.25) is 15.1 Å². The van der Waals surface area contributed by atoms with Crippen LogP contribution in [-0.4, -0.2) is 28.4 Å². The molecule has 1 aromatic carbocycles. The summed E-state index contributed by atoms with van der Waals surface area (Å²) in [4.78, 5) is 28.3. The number of pyridine rings is 1. The molecule has 1 fully saturated rings. The van der Waals surface area contributed by atoms with Crippen LogP contribution in [0.25, 0.3) is 11.3 Å². The maximum atomic E-state index is 11.5. The van der Waals surface area contributed by atoms with Gasteiger partial charge in [0, 0.05) is 18.3 Å². The summed E-state index contributed by atoms with van der Waals surface area (Å²) in [5.74, 6) is -0.250. The molecule has 20 heavy (non-hydrogen) atoms. The molecule has 3 rings (SSSR count). The Bertz CT molecular complexity index is 638. The second kappa shape index (κ2) is 5.13. The second-order valence-electron chi connectivity index (χ2n) is 4.62. The number of hydrogen-bond donors (Lipinski definition) is 1. The van der Waals surface area contributed by atoms with Crippen LogP contribution in [0.5, 0.6) is 0 Å². The first-order valence-electron chi connectivity index (χ1n) is 6.31. The van der Waals surface area contributed by atoms with Crippen LogP contribution in [0, 0.1) is 0 Å². The third-order valence-corrected chi connectivity index (χ3v) is 3.16. The van der Waals surface area contributed by atoms with E-state index >= 15 is 0 Å². The normalized spacial score (nSPS) is 14.5. The van der Waals surface area contributed by atoms with Crippen molar-refractivity contribution >= 4 is 11.9 Å². The van der Waals surface area contributed by atoms with Crippen LogP contribution < -0.4 is 5.32 Å². The Balaban J connectivity index is 1.74. The largest absolute Gasteiger partial charge is 0.324 e. The number of aromatic nitrogens is 1. The lowest BCUT2D eigenvalue weighted by atomic mass is 10.1. The average Bonchev–Trinajstić information content (AvgIpc) is 2.79. The van der Waals surface area contributed by atoms with Crippen molar-refractivity contribution in [2.75, 3.05) is 6.54 Å². The quantitative estimate of drug-likeness (QED) is 0.862. The first-order chi connectivity index (χ1) is 9.72. The van der Waals surface area contributed by atoms with E-state index in [1.165, 1.54) is 4.90 Å². The van der Waals surface area contributed by atoms with Gasteiger partial charge < -0.3 is 4.90 Å². The summed E-state index contributed by atoms with van der Waals surface area (Å²) in [6.07, 6.45) is 1.75. The van der Waals surface area contributed by atoms with Crippen molar-refractivity contribution in [3.63, 3.8) is 0 Å². The lowest BCUT2D eigenvalue weighted by Crippen LogP contribution is -2.27. The molecular weight excluding hydrogens is 254 g/mol. The van der Waals surface area contributed by atoms with Gasteiger partial charge in [-0.05, 0) is 17.7 Å². The smallest absolute Gasteiger partial charge is 0.311 e. The van der Waals surface area contributed by atoms with E-state index in [4.69, 9.17) is 0 Å². The Labute approximate surface area is 116 Å². The van der Waals surface area contributed by atoms with Gasteiger partial charge in [-0.15, -0.1) is 0 Å². The first kappa shape index (κ1) is 12.3. The maximum Gasteiger partial charge on any atom is 0.324 e. The van der Waals surface area contributed by atoms with Gasteiger partial charge in [-0.1, -0.05) is 30.3 Å². The molecule has 5 nitrogen and oxygen atoms in total. The first-order valence-corrected chi connectivity index (χ1v) is 6.31. The van der Waals surface area contributed by atoms with Crippen molar-refractivity contribution < 1.29 is 9.59 Å². The van der Waals surface area contributed by atoms with Crippen LogP contribution in [0.2, 0.25) is 0 Å². The van der Waals surface area contributed by atoms with Crippen molar-refractivity contribution in [2.45, 2.75) is 6.54 Å². The van der Waals surface area contributed by atoms with Crippen LogP contribution in [0.15, 0.2) is 48.7 Å². The van der Waals surface area contributed by atoms with Gasteiger partial charge in [0.1, 0.15) is 6.54 Å². The molecule has 0 spiro atoms. The fourth-order valence-electron chi connectivity index (χ4n) is 2.15. The van der Waals surface area contributed by atoms with E-state index in [1.54, 1.807) is 6.20 Å². The van der Waals surface area contributed by atoms with E-state index in [-0.39, 0.29) is 18.5 Å². The number of carbonyl (C=O) groups is 2. The summed E-state index contributed by atoms with van der Waals surface area (Å²) in [5.41, 5.74) is 2.92. The summed E-state index contributed by atoms with van der Waals surface area (Å²) in [6, 6.07) is 13.3. The third-order valence-electron chi connectivity index (χ3n) is 3.16. The Morgan fingerprint density at radius 2 is 1.90 bits per heavy atom. The van der Waals surface area contributed by atoms with Gasteiger partial charge in [0.25, 0.3) is 0 Å². The molecule has 0 atom stereocenters. The molecule has 2 aromatic rings. The molecule has 100 valence electrons. The van der Waals surface area contributed by atoms with Crippen molar-refractivity contribution in [1.82, 2.24) is 15.2 Å². The minimum atomic E-state index is -0.330. The van der Waals surface area contributed by atoms with Gasteiger partial charge in [-0.2, -0.15) is 0 Å². The van der Waals surface area contributed by atoms with Crippen LogP contribution in [0.3, 0.4) is 0 Å². The van der Waals surface area contributed by atoms with Gasteiger partial charge in [0.05, 0.1) is 5.69 Å². The van der Waals surface area contributed by atoms with Crippen molar-refractivity contribution in [3.05, 3.63) is 54.2 Å². The molecule has 0 radical (unpaired) electrons. The number of nitrogens with one attached hydrogen (secondary N) is 1. The van der Waals surface area contributed by atoms with E-state index in [2.05, 4.69) is 10.3 Å². The monoisotopic (exact) mass is 267 g/mol. The molecule has 2 heterocycles. The number of urea groups is 1. The highest BCUT2D eigenvalue weighted by atomic mass is 16.2. The minimum Gasteiger partial charge on any atom is -0.311 e. The van der Waals surface area contributed by atoms with E-state index in [1.807, 2.05) is 42.5 Å². The molecule has 3 amide bonds. The highest BCUT2D eigenvalue weighted by molar-refractivity contribution is 6.01. The molecule has 0 aliphatic carbocycles. The lowest BCUT2D eigenvalue weighted by Gasteiger charge is -2.13.